The Morgan fingerprint density at radius 1 is 1.31 bits per heavy atom. The second-order valence-corrected chi connectivity index (χ2v) is 8.49. The molecule has 4 nitrogen and oxygen atoms in total. The van der Waals surface area contributed by atoms with E-state index in [4.69, 9.17) is 0 Å². The molecule has 2 aliphatic rings. The van der Waals surface area contributed by atoms with Gasteiger partial charge in [-0.1, -0.05) is 12.8 Å². The third-order valence-electron chi connectivity index (χ3n) is 5.80. The van der Waals surface area contributed by atoms with Crippen LogP contribution in [-0.2, 0) is 0 Å². The lowest BCUT2D eigenvalue weighted by molar-refractivity contribution is -0.0885. The number of likely N-dealkylation sites (tertiary alicyclic amines) is 1. The van der Waals surface area contributed by atoms with Gasteiger partial charge in [-0.3, -0.25) is 4.79 Å². The molecule has 2 heterocycles. The molecule has 1 saturated carbocycles. The van der Waals surface area contributed by atoms with Crippen molar-refractivity contribution in [3.8, 4) is 10.6 Å². The van der Waals surface area contributed by atoms with Crippen molar-refractivity contribution in [2.45, 2.75) is 44.6 Å². The first-order valence-electron chi connectivity index (χ1n) is 9.21. The maximum atomic E-state index is 13.1. The van der Waals surface area contributed by atoms with Crippen molar-refractivity contribution >= 4 is 17.2 Å². The van der Waals surface area contributed by atoms with Crippen LogP contribution in [0, 0.1) is 18.7 Å². The molecule has 1 aromatic carbocycles. The first-order valence-corrected chi connectivity index (χ1v) is 10.0. The molecule has 138 valence electrons. The minimum Gasteiger partial charge on any atom is -0.389 e. The summed E-state index contributed by atoms with van der Waals surface area (Å²) in [5.41, 5.74) is 0.944. The number of nitrogens with zero attached hydrogens (tertiary/aromatic N) is 2. The summed E-state index contributed by atoms with van der Waals surface area (Å²) in [6, 6.07) is 6.18. The predicted molar refractivity (Wildman–Crippen MR) is 99.7 cm³/mol. The Bertz CT molecular complexity index is 820. The summed E-state index contributed by atoms with van der Waals surface area (Å²) in [6.45, 7) is 3.06. The van der Waals surface area contributed by atoms with Crippen LogP contribution in [0.3, 0.4) is 0 Å². The van der Waals surface area contributed by atoms with E-state index in [-0.39, 0.29) is 17.6 Å². The molecule has 1 aliphatic carbocycles. The molecule has 4 rings (SSSR count). The Hall–Kier alpha value is -1.79. The van der Waals surface area contributed by atoms with Crippen molar-refractivity contribution in [2.75, 3.05) is 13.1 Å². The fourth-order valence-electron chi connectivity index (χ4n) is 4.21. The molecule has 2 fully saturated rings. The molecule has 1 amide bonds. The molecule has 0 radical (unpaired) electrons. The number of halogens is 1. The molecular weight excluding hydrogens is 351 g/mol. The lowest BCUT2D eigenvalue weighted by Crippen LogP contribution is -2.54. The predicted octanol–water partition coefficient (Wildman–Crippen LogP) is 4.02. The summed E-state index contributed by atoms with van der Waals surface area (Å²) in [7, 11) is 0. The Morgan fingerprint density at radius 3 is 2.85 bits per heavy atom. The number of aliphatic hydroxyl groups is 1. The number of aryl methyl sites for hydroxylation is 1. The van der Waals surface area contributed by atoms with Crippen LogP contribution in [0.1, 0.15) is 47.5 Å². The smallest absolute Gasteiger partial charge is 0.265 e. The van der Waals surface area contributed by atoms with Gasteiger partial charge in [0.15, 0.2) is 0 Å². The van der Waals surface area contributed by atoms with E-state index in [1.165, 1.54) is 23.5 Å². The summed E-state index contributed by atoms with van der Waals surface area (Å²) < 4.78 is 13.1. The zero-order valence-electron chi connectivity index (χ0n) is 14.9. The second-order valence-electron chi connectivity index (χ2n) is 7.49. The van der Waals surface area contributed by atoms with E-state index in [0.717, 1.165) is 36.3 Å². The lowest BCUT2D eigenvalue weighted by Gasteiger charge is -2.47. The van der Waals surface area contributed by atoms with E-state index in [0.29, 0.717) is 30.1 Å². The topological polar surface area (TPSA) is 53.4 Å². The van der Waals surface area contributed by atoms with Gasteiger partial charge in [-0.25, -0.2) is 9.37 Å². The highest BCUT2D eigenvalue weighted by atomic mass is 32.1. The van der Waals surface area contributed by atoms with Gasteiger partial charge >= 0.3 is 0 Å². The van der Waals surface area contributed by atoms with Gasteiger partial charge in [0.1, 0.15) is 15.7 Å². The summed E-state index contributed by atoms with van der Waals surface area (Å²) in [5, 5.41) is 11.5. The molecule has 2 aromatic rings. The Labute approximate surface area is 156 Å². The zero-order chi connectivity index (χ0) is 18.3. The highest BCUT2D eigenvalue weighted by Gasteiger charge is 2.44. The molecule has 0 unspecified atom stereocenters. The van der Waals surface area contributed by atoms with Crippen molar-refractivity contribution in [1.82, 2.24) is 9.88 Å². The van der Waals surface area contributed by atoms with Crippen molar-refractivity contribution < 1.29 is 14.3 Å². The number of fused-ring (bicyclic) bond motifs is 1. The highest BCUT2D eigenvalue weighted by Crippen LogP contribution is 2.40. The number of aromatic nitrogens is 1. The third kappa shape index (κ3) is 3.16. The van der Waals surface area contributed by atoms with E-state index < -0.39 is 5.60 Å². The fourth-order valence-corrected chi connectivity index (χ4v) is 5.25. The monoisotopic (exact) mass is 374 g/mol. The minimum atomic E-state index is -0.586. The van der Waals surface area contributed by atoms with E-state index in [2.05, 4.69) is 4.98 Å². The van der Waals surface area contributed by atoms with Crippen molar-refractivity contribution in [3.63, 3.8) is 0 Å². The second kappa shape index (κ2) is 6.74. The molecule has 1 saturated heterocycles. The molecule has 26 heavy (non-hydrogen) atoms. The molecule has 6 heteroatoms. The number of benzene rings is 1. The quantitative estimate of drug-likeness (QED) is 0.864. The highest BCUT2D eigenvalue weighted by molar-refractivity contribution is 7.17. The van der Waals surface area contributed by atoms with Crippen LogP contribution in [0.5, 0.6) is 0 Å². The third-order valence-corrected chi connectivity index (χ3v) is 6.99. The zero-order valence-corrected chi connectivity index (χ0v) is 15.7. The van der Waals surface area contributed by atoms with Gasteiger partial charge in [0.25, 0.3) is 5.91 Å². The summed E-state index contributed by atoms with van der Waals surface area (Å²) in [5.74, 6) is -0.105. The van der Waals surface area contributed by atoms with Gasteiger partial charge < -0.3 is 10.0 Å². The SMILES string of the molecule is Cc1nc(-c2ccc(F)cc2)sc1C(=O)N1CC[C@]2(O)CCCC[C@H]2C1. The van der Waals surface area contributed by atoms with Crippen LogP contribution in [-0.4, -0.2) is 39.6 Å². The molecule has 1 aliphatic heterocycles. The van der Waals surface area contributed by atoms with Gasteiger partial charge in [0.05, 0.1) is 11.3 Å². The standard InChI is InChI=1S/C20H23FN2O2S/c1-13-17(26-18(22-13)14-5-7-16(21)8-6-14)19(24)23-11-10-20(25)9-3-2-4-15(20)12-23/h5-8,15,25H,2-4,9-12H2,1H3/t15-,20+/m0/s1. The maximum Gasteiger partial charge on any atom is 0.265 e. The van der Waals surface area contributed by atoms with Gasteiger partial charge in [0, 0.05) is 24.6 Å². The number of thiazole rings is 1. The molecule has 0 spiro atoms. The average Bonchev–Trinajstić information content (AvgIpc) is 3.02. The largest absolute Gasteiger partial charge is 0.389 e. The molecule has 2 atom stereocenters. The van der Waals surface area contributed by atoms with E-state index in [1.54, 1.807) is 12.1 Å². The van der Waals surface area contributed by atoms with Crippen LogP contribution in [0.25, 0.3) is 10.6 Å². The summed E-state index contributed by atoms with van der Waals surface area (Å²) in [6.07, 6.45) is 4.71. The number of hydrogen-bond donors (Lipinski definition) is 1. The average molecular weight is 374 g/mol. The van der Waals surface area contributed by atoms with E-state index in [9.17, 15) is 14.3 Å². The van der Waals surface area contributed by atoms with Crippen molar-refractivity contribution in [2.24, 2.45) is 5.92 Å². The molecule has 1 N–H and O–H groups in total. The van der Waals surface area contributed by atoms with Crippen LogP contribution in [0.4, 0.5) is 4.39 Å². The fraction of sp³-hybridized carbons (Fsp3) is 0.500. The van der Waals surface area contributed by atoms with Crippen LogP contribution in [0.15, 0.2) is 24.3 Å². The summed E-state index contributed by atoms with van der Waals surface area (Å²) >= 11 is 1.36. The Kier molecular flexibility index (Phi) is 4.57. The Balaban J connectivity index is 1.54. The number of piperidine rings is 1. The number of carbonyl (C=O) groups excluding carboxylic acids is 1. The lowest BCUT2D eigenvalue weighted by atomic mass is 9.71. The minimum absolute atomic E-state index is 0.000912. The van der Waals surface area contributed by atoms with Gasteiger partial charge in [-0.15, -0.1) is 11.3 Å². The van der Waals surface area contributed by atoms with Crippen LogP contribution in [0.2, 0.25) is 0 Å². The number of rotatable bonds is 2. The normalized spacial score (nSPS) is 25.8. The van der Waals surface area contributed by atoms with Gasteiger partial charge in [-0.2, -0.15) is 0 Å². The first kappa shape index (κ1) is 17.6. The van der Waals surface area contributed by atoms with E-state index >= 15 is 0 Å². The van der Waals surface area contributed by atoms with Gasteiger partial charge in [0.2, 0.25) is 0 Å². The maximum absolute atomic E-state index is 13.1. The van der Waals surface area contributed by atoms with Crippen LogP contribution < -0.4 is 0 Å². The Morgan fingerprint density at radius 2 is 2.08 bits per heavy atom. The first-order chi connectivity index (χ1) is 12.5. The molecule has 0 bridgehead atoms. The van der Waals surface area contributed by atoms with E-state index in [1.807, 2.05) is 11.8 Å². The van der Waals surface area contributed by atoms with Gasteiger partial charge in [-0.05, 0) is 50.5 Å². The summed E-state index contributed by atoms with van der Waals surface area (Å²) in [4.78, 5) is 20.1. The van der Waals surface area contributed by atoms with Crippen molar-refractivity contribution in [1.29, 1.82) is 0 Å². The number of hydrogen-bond acceptors (Lipinski definition) is 4. The molecule has 1 aromatic heterocycles. The molecular formula is C20H23FN2O2S. The van der Waals surface area contributed by atoms with Crippen LogP contribution >= 0.6 is 11.3 Å². The number of carbonyl (C=O) groups is 1. The van der Waals surface area contributed by atoms with Crippen molar-refractivity contribution in [3.05, 3.63) is 40.7 Å². The number of amides is 1.